The van der Waals surface area contributed by atoms with Crippen LogP contribution in [0, 0.1) is 5.92 Å². The van der Waals surface area contributed by atoms with Crippen molar-refractivity contribution in [3.05, 3.63) is 35.9 Å². The first-order valence-electron chi connectivity index (χ1n) is 6.85. The van der Waals surface area contributed by atoms with E-state index in [1.807, 2.05) is 25.1 Å². The Labute approximate surface area is 108 Å². The quantitative estimate of drug-likeness (QED) is 0.854. The normalized spacial score (nSPS) is 31.3. The second kappa shape index (κ2) is 4.73. The average Bonchev–Trinajstić information content (AvgIpc) is 3.02. The largest absolute Gasteiger partial charge is 0.349 e. The van der Waals surface area contributed by atoms with Crippen LogP contribution < -0.4 is 10.6 Å². The summed E-state index contributed by atoms with van der Waals surface area (Å²) < 4.78 is 0. The van der Waals surface area contributed by atoms with Crippen LogP contribution in [0.1, 0.15) is 37.8 Å². The van der Waals surface area contributed by atoms with E-state index in [1.54, 1.807) is 0 Å². The summed E-state index contributed by atoms with van der Waals surface area (Å²) in [6.07, 6.45) is 3.41. The van der Waals surface area contributed by atoms with Crippen LogP contribution in [0.5, 0.6) is 0 Å². The summed E-state index contributed by atoms with van der Waals surface area (Å²) in [4.78, 5) is 12.3. The molecule has 3 heteroatoms. The molecule has 0 saturated carbocycles. The molecule has 3 rings (SSSR count). The number of rotatable bonds is 3. The Morgan fingerprint density at radius 2 is 2.11 bits per heavy atom. The standard InChI is InChI=1S/C15H20N2O/c1-10(11-5-3-2-4-6-11)16-15(18)13-9-12-7-8-14(13)17-12/h2-6,10,12-14,17H,7-9H2,1H3,(H,16,18). The lowest BCUT2D eigenvalue weighted by Gasteiger charge is -2.22. The number of hydrogen-bond donors (Lipinski definition) is 2. The minimum absolute atomic E-state index is 0.0952. The van der Waals surface area contributed by atoms with Crippen molar-refractivity contribution in [1.82, 2.24) is 10.6 Å². The molecular formula is C15H20N2O. The van der Waals surface area contributed by atoms with E-state index in [9.17, 15) is 4.79 Å². The Kier molecular flexibility index (Phi) is 3.08. The molecule has 4 unspecified atom stereocenters. The number of fused-ring (bicyclic) bond motifs is 2. The monoisotopic (exact) mass is 244 g/mol. The molecule has 1 amide bonds. The van der Waals surface area contributed by atoms with Gasteiger partial charge in [-0.15, -0.1) is 0 Å². The Balaban J connectivity index is 1.61. The fourth-order valence-electron chi connectivity index (χ4n) is 3.26. The summed E-state index contributed by atoms with van der Waals surface area (Å²) in [5.41, 5.74) is 1.17. The third kappa shape index (κ3) is 2.15. The number of carbonyl (C=O) groups excluding carboxylic acids is 1. The SMILES string of the molecule is CC(NC(=O)C1CC2CCC1N2)c1ccccc1. The number of carbonyl (C=O) groups is 1. The maximum Gasteiger partial charge on any atom is 0.225 e. The topological polar surface area (TPSA) is 41.1 Å². The fraction of sp³-hybridized carbons (Fsp3) is 0.533. The van der Waals surface area contributed by atoms with Crippen molar-refractivity contribution < 1.29 is 4.79 Å². The van der Waals surface area contributed by atoms with Crippen LogP contribution in [0.2, 0.25) is 0 Å². The molecule has 1 aromatic carbocycles. The maximum absolute atomic E-state index is 12.3. The summed E-state index contributed by atoms with van der Waals surface area (Å²) in [7, 11) is 0. The van der Waals surface area contributed by atoms with Crippen molar-refractivity contribution in [2.24, 2.45) is 5.92 Å². The Hall–Kier alpha value is -1.35. The molecule has 0 aliphatic carbocycles. The molecule has 2 heterocycles. The second-order valence-electron chi connectivity index (χ2n) is 5.53. The first-order valence-corrected chi connectivity index (χ1v) is 6.85. The molecular weight excluding hydrogens is 224 g/mol. The Morgan fingerprint density at radius 3 is 2.72 bits per heavy atom. The van der Waals surface area contributed by atoms with Crippen LogP contribution in [0.3, 0.4) is 0 Å². The van der Waals surface area contributed by atoms with Crippen LogP contribution in [0.15, 0.2) is 30.3 Å². The third-order valence-electron chi connectivity index (χ3n) is 4.30. The molecule has 2 bridgehead atoms. The van der Waals surface area contributed by atoms with Crippen molar-refractivity contribution in [3.63, 3.8) is 0 Å². The molecule has 1 aromatic rings. The van der Waals surface area contributed by atoms with Crippen molar-refractivity contribution >= 4 is 5.91 Å². The molecule has 4 atom stereocenters. The smallest absolute Gasteiger partial charge is 0.225 e. The third-order valence-corrected chi connectivity index (χ3v) is 4.30. The highest BCUT2D eigenvalue weighted by Crippen LogP contribution is 2.33. The average molecular weight is 244 g/mol. The summed E-state index contributed by atoms with van der Waals surface area (Å²) in [6, 6.07) is 11.2. The van der Waals surface area contributed by atoms with Crippen LogP contribution in [-0.2, 0) is 4.79 Å². The van der Waals surface area contributed by atoms with Gasteiger partial charge in [0.1, 0.15) is 0 Å². The highest BCUT2D eigenvalue weighted by molar-refractivity contribution is 5.80. The van der Waals surface area contributed by atoms with E-state index in [4.69, 9.17) is 0 Å². The zero-order valence-electron chi connectivity index (χ0n) is 10.7. The lowest BCUT2D eigenvalue weighted by Crippen LogP contribution is -2.38. The summed E-state index contributed by atoms with van der Waals surface area (Å²) in [6.45, 7) is 2.05. The molecule has 96 valence electrons. The van der Waals surface area contributed by atoms with Gasteiger partial charge in [-0.25, -0.2) is 0 Å². The molecule has 2 fully saturated rings. The van der Waals surface area contributed by atoms with Gasteiger partial charge in [-0.3, -0.25) is 4.79 Å². The summed E-state index contributed by atoms with van der Waals surface area (Å²) in [5.74, 6) is 0.390. The van der Waals surface area contributed by atoms with E-state index >= 15 is 0 Å². The van der Waals surface area contributed by atoms with Crippen LogP contribution in [0.25, 0.3) is 0 Å². The van der Waals surface area contributed by atoms with E-state index < -0.39 is 0 Å². The van der Waals surface area contributed by atoms with Gasteiger partial charge in [-0.2, -0.15) is 0 Å². The van der Waals surface area contributed by atoms with Gasteiger partial charge in [0.05, 0.1) is 12.0 Å². The van der Waals surface area contributed by atoms with E-state index in [0.717, 1.165) is 12.8 Å². The lowest BCUT2D eigenvalue weighted by molar-refractivity contribution is -0.126. The second-order valence-corrected chi connectivity index (χ2v) is 5.53. The number of hydrogen-bond acceptors (Lipinski definition) is 2. The van der Waals surface area contributed by atoms with Crippen LogP contribution in [0.4, 0.5) is 0 Å². The van der Waals surface area contributed by atoms with E-state index in [1.165, 1.54) is 12.0 Å². The molecule has 2 aliphatic rings. The Bertz CT molecular complexity index is 431. The first-order chi connectivity index (χ1) is 8.74. The zero-order chi connectivity index (χ0) is 12.5. The van der Waals surface area contributed by atoms with E-state index in [0.29, 0.717) is 12.1 Å². The van der Waals surface area contributed by atoms with E-state index in [2.05, 4.69) is 22.8 Å². The molecule has 0 spiro atoms. The predicted molar refractivity (Wildman–Crippen MR) is 71.1 cm³/mol. The maximum atomic E-state index is 12.3. The van der Waals surface area contributed by atoms with Gasteiger partial charge >= 0.3 is 0 Å². The highest BCUT2D eigenvalue weighted by Gasteiger charge is 2.42. The molecule has 0 radical (unpaired) electrons. The summed E-state index contributed by atoms with van der Waals surface area (Å²) in [5, 5.41) is 6.65. The zero-order valence-corrected chi connectivity index (χ0v) is 10.7. The summed E-state index contributed by atoms with van der Waals surface area (Å²) >= 11 is 0. The van der Waals surface area contributed by atoms with Gasteiger partial charge in [0.15, 0.2) is 0 Å². The number of benzene rings is 1. The first kappa shape index (κ1) is 11.7. The van der Waals surface area contributed by atoms with Gasteiger partial charge in [0.2, 0.25) is 5.91 Å². The predicted octanol–water partition coefficient (Wildman–Crippen LogP) is 2.00. The molecule has 2 saturated heterocycles. The van der Waals surface area contributed by atoms with Crippen molar-refractivity contribution in [2.45, 2.75) is 44.3 Å². The minimum atomic E-state index is 0.0952. The van der Waals surface area contributed by atoms with Crippen LogP contribution in [-0.4, -0.2) is 18.0 Å². The lowest BCUT2D eigenvalue weighted by atomic mass is 9.88. The van der Waals surface area contributed by atoms with Gasteiger partial charge in [0, 0.05) is 12.1 Å². The highest BCUT2D eigenvalue weighted by atomic mass is 16.2. The van der Waals surface area contributed by atoms with Crippen molar-refractivity contribution in [2.75, 3.05) is 0 Å². The van der Waals surface area contributed by atoms with Crippen LogP contribution >= 0.6 is 0 Å². The molecule has 0 aromatic heterocycles. The van der Waals surface area contributed by atoms with Gasteiger partial charge in [-0.05, 0) is 31.7 Å². The molecule has 3 nitrogen and oxygen atoms in total. The Morgan fingerprint density at radius 1 is 1.33 bits per heavy atom. The van der Waals surface area contributed by atoms with Crippen molar-refractivity contribution in [3.8, 4) is 0 Å². The van der Waals surface area contributed by atoms with Gasteiger partial charge in [-0.1, -0.05) is 30.3 Å². The number of nitrogens with one attached hydrogen (secondary N) is 2. The molecule has 18 heavy (non-hydrogen) atoms. The van der Waals surface area contributed by atoms with Gasteiger partial charge in [0.25, 0.3) is 0 Å². The fourth-order valence-corrected chi connectivity index (χ4v) is 3.26. The molecule has 2 N–H and O–H groups in total. The molecule has 2 aliphatic heterocycles. The van der Waals surface area contributed by atoms with E-state index in [-0.39, 0.29) is 17.9 Å². The number of amides is 1. The van der Waals surface area contributed by atoms with Gasteiger partial charge < -0.3 is 10.6 Å². The van der Waals surface area contributed by atoms with Crippen molar-refractivity contribution in [1.29, 1.82) is 0 Å². The minimum Gasteiger partial charge on any atom is -0.349 e.